The third-order valence-electron chi connectivity index (χ3n) is 6.20. The number of nitriles is 1. The first kappa shape index (κ1) is 26.4. The second kappa shape index (κ2) is 10.4. The maximum Gasteiger partial charge on any atom is 0.435 e. The number of alkyl halides is 3. The molecular weight excluding hydrogens is 501 g/mol. The summed E-state index contributed by atoms with van der Waals surface area (Å²) in [7, 11) is 3.79. The highest BCUT2D eigenvalue weighted by Crippen LogP contribution is 2.44. The molecule has 0 spiro atoms. The average Bonchev–Trinajstić information content (AvgIpc) is 3.47. The molecule has 1 aliphatic heterocycles. The van der Waals surface area contributed by atoms with Gasteiger partial charge in [-0.05, 0) is 55.9 Å². The fourth-order valence-corrected chi connectivity index (χ4v) is 5.51. The quantitative estimate of drug-likeness (QED) is 0.370. The molecule has 1 amide bonds. The monoisotopic (exact) mass is 528 g/mol. The van der Waals surface area contributed by atoms with Gasteiger partial charge in [0.2, 0.25) is 5.91 Å². The minimum absolute atomic E-state index is 0.0664. The summed E-state index contributed by atoms with van der Waals surface area (Å²) >= 11 is 1.30. The van der Waals surface area contributed by atoms with E-state index >= 15 is 0 Å². The lowest BCUT2D eigenvalue weighted by molar-refractivity contribution is -0.141. The summed E-state index contributed by atoms with van der Waals surface area (Å²) < 4.78 is 43.2. The summed E-state index contributed by atoms with van der Waals surface area (Å²) in [5.74, 6) is -0.647. The van der Waals surface area contributed by atoms with Gasteiger partial charge in [0.05, 0.1) is 6.54 Å². The van der Waals surface area contributed by atoms with Crippen molar-refractivity contribution in [2.75, 3.05) is 32.9 Å². The van der Waals surface area contributed by atoms with Crippen molar-refractivity contribution in [2.45, 2.75) is 32.1 Å². The number of halogens is 3. The Hall–Kier alpha value is -3.62. The molecule has 7 nitrogen and oxygen atoms in total. The number of thiophene rings is 1. The largest absolute Gasteiger partial charge is 0.435 e. The first-order valence-electron chi connectivity index (χ1n) is 11.7. The van der Waals surface area contributed by atoms with Crippen LogP contribution >= 0.6 is 11.3 Å². The number of likely N-dealkylation sites (N-methyl/N-ethyl adjacent to an activating group) is 1. The van der Waals surface area contributed by atoms with Crippen LogP contribution in [0, 0.1) is 11.3 Å². The standard InChI is InChI=1S/C26H27F3N6OS/c1-4-35-14-22(25(32-35)26(27,28)29)19-10-16(31)7-8-18(19)21-13-34(24(36)6-5-9-33(2)3)15-23-20(21)11-17(12-30)37-23/h5-8,10-11,14,21H,4,9,13,15,31H2,1-3H3/b6-5+. The van der Waals surface area contributed by atoms with Gasteiger partial charge in [-0.2, -0.15) is 23.5 Å². The topological polar surface area (TPSA) is 91.2 Å². The average molecular weight is 529 g/mol. The Morgan fingerprint density at radius 1 is 1.30 bits per heavy atom. The molecule has 2 aromatic heterocycles. The lowest BCUT2D eigenvalue weighted by Crippen LogP contribution is -2.37. The molecule has 0 fully saturated rings. The van der Waals surface area contributed by atoms with E-state index < -0.39 is 17.8 Å². The number of benzene rings is 1. The van der Waals surface area contributed by atoms with E-state index in [2.05, 4.69) is 11.2 Å². The predicted molar refractivity (Wildman–Crippen MR) is 137 cm³/mol. The number of anilines is 1. The molecule has 2 N–H and O–H groups in total. The van der Waals surface area contributed by atoms with Crippen LogP contribution < -0.4 is 5.73 Å². The summed E-state index contributed by atoms with van der Waals surface area (Å²) in [5, 5.41) is 13.3. The van der Waals surface area contributed by atoms with Crippen LogP contribution in [0.3, 0.4) is 0 Å². The lowest BCUT2D eigenvalue weighted by Gasteiger charge is -2.33. The molecule has 0 radical (unpaired) electrons. The minimum Gasteiger partial charge on any atom is -0.399 e. The molecule has 1 unspecified atom stereocenters. The van der Waals surface area contributed by atoms with E-state index in [0.717, 1.165) is 10.4 Å². The van der Waals surface area contributed by atoms with E-state index in [4.69, 9.17) is 5.73 Å². The van der Waals surface area contributed by atoms with Crippen LogP contribution in [0.4, 0.5) is 18.9 Å². The van der Waals surface area contributed by atoms with Gasteiger partial charge in [-0.3, -0.25) is 9.48 Å². The van der Waals surface area contributed by atoms with Crippen LogP contribution in [0.15, 0.2) is 42.6 Å². The van der Waals surface area contributed by atoms with Gasteiger partial charge in [-0.1, -0.05) is 12.1 Å². The van der Waals surface area contributed by atoms with Gasteiger partial charge in [0.1, 0.15) is 10.9 Å². The Morgan fingerprint density at radius 2 is 2.05 bits per heavy atom. The number of hydrogen-bond donors (Lipinski definition) is 1. The van der Waals surface area contributed by atoms with Crippen LogP contribution in [0.1, 0.15) is 39.4 Å². The van der Waals surface area contributed by atoms with Crippen molar-refractivity contribution in [2.24, 2.45) is 0 Å². The molecule has 1 aliphatic rings. The summed E-state index contributed by atoms with van der Waals surface area (Å²) in [6, 6.07) is 8.81. The van der Waals surface area contributed by atoms with Gasteiger partial charge in [0.15, 0.2) is 5.69 Å². The third kappa shape index (κ3) is 5.55. The number of nitrogens with zero attached hydrogens (tertiary/aromatic N) is 5. The molecular formula is C26H27F3N6OS. The highest BCUT2D eigenvalue weighted by molar-refractivity contribution is 7.12. The van der Waals surface area contributed by atoms with E-state index in [1.807, 2.05) is 19.0 Å². The summed E-state index contributed by atoms with van der Waals surface area (Å²) in [6.45, 7) is 3.16. The zero-order valence-corrected chi connectivity index (χ0v) is 21.5. The number of nitrogen functional groups attached to an aromatic ring is 1. The smallest absolute Gasteiger partial charge is 0.399 e. The van der Waals surface area contributed by atoms with Crippen LogP contribution in [0.5, 0.6) is 0 Å². The Bertz CT molecular complexity index is 1380. The van der Waals surface area contributed by atoms with Gasteiger partial charge in [-0.25, -0.2) is 0 Å². The fourth-order valence-electron chi connectivity index (χ4n) is 4.48. The van der Waals surface area contributed by atoms with Crippen molar-refractivity contribution < 1.29 is 18.0 Å². The maximum atomic E-state index is 14.0. The molecule has 37 heavy (non-hydrogen) atoms. The number of aromatic nitrogens is 2. The SMILES string of the molecule is CCn1cc(-c2cc(N)ccc2C2CN(C(=O)/C=C/CN(C)C)Cc3sc(C#N)cc32)c(C(F)(F)F)n1. The number of rotatable bonds is 6. The Morgan fingerprint density at radius 3 is 2.70 bits per heavy atom. The van der Waals surface area contributed by atoms with E-state index in [9.17, 15) is 23.2 Å². The predicted octanol–water partition coefficient (Wildman–Crippen LogP) is 4.70. The Labute approximate surface area is 217 Å². The molecule has 1 aromatic carbocycles. The van der Waals surface area contributed by atoms with Crippen molar-refractivity contribution >= 4 is 22.9 Å². The second-order valence-electron chi connectivity index (χ2n) is 9.13. The highest BCUT2D eigenvalue weighted by Gasteiger charge is 2.39. The van der Waals surface area contributed by atoms with Crippen LogP contribution in [-0.2, 0) is 24.1 Å². The van der Waals surface area contributed by atoms with Crippen LogP contribution in [-0.4, -0.2) is 52.7 Å². The van der Waals surface area contributed by atoms with E-state index in [1.165, 1.54) is 34.4 Å². The molecule has 1 atom stereocenters. The van der Waals surface area contributed by atoms with E-state index in [-0.39, 0.29) is 24.6 Å². The van der Waals surface area contributed by atoms with Crippen molar-refractivity contribution in [3.63, 3.8) is 0 Å². The molecule has 0 bridgehead atoms. The molecule has 194 valence electrons. The number of carbonyl (C=O) groups excluding carboxylic acids is 1. The van der Waals surface area contributed by atoms with E-state index in [1.54, 1.807) is 36.1 Å². The molecule has 0 aliphatic carbocycles. The zero-order valence-electron chi connectivity index (χ0n) is 20.7. The molecule has 4 rings (SSSR count). The first-order chi connectivity index (χ1) is 17.5. The first-order valence-corrected chi connectivity index (χ1v) is 12.5. The molecule has 11 heteroatoms. The van der Waals surface area contributed by atoms with Crippen molar-refractivity contribution in [3.05, 3.63) is 69.2 Å². The van der Waals surface area contributed by atoms with Gasteiger partial charge in [0, 0.05) is 54.0 Å². The normalized spacial score (nSPS) is 15.8. The summed E-state index contributed by atoms with van der Waals surface area (Å²) in [6.07, 6.45) is 0.000186. The van der Waals surface area contributed by atoms with Crippen molar-refractivity contribution in [1.29, 1.82) is 5.26 Å². The van der Waals surface area contributed by atoms with Gasteiger partial charge in [0.25, 0.3) is 0 Å². The van der Waals surface area contributed by atoms with Crippen LogP contribution in [0.25, 0.3) is 11.1 Å². The maximum absolute atomic E-state index is 14.0. The van der Waals surface area contributed by atoms with Crippen molar-refractivity contribution in [1.82, 2.24) is 19.6 Å². The number of amides is 1. The molecule has 0 saturated heterocycles. The second-order valence-corrected chi connectivity index (χ2v) is 10.3. The van der Waals surface area contributed by atoms with Gasteiger partial charge in [-0.15, -0.1) is 11.3 Å². The number of aryl methyl sites for hydroxylation is 1. The number of hydrogen-bond acceptors (Lipinski definition) is 6. The Kier molecular flexibility index (Phi) is 7.43. The van der Waals surface area contributed by atoms with E-state index in [0.29, 0.717) is 34.8 Å². The summed E-state index contributed by atoms with van der Waals surface area (Å²) in [5.41, 5.74) is 7.04. The zero-order chi connectivity index (χ0) is 26.9. The Balaban J connectivity index is 1.85. The number of nitrogens with two attached hydrogens (primary N) is 1. The highest BCUT2D eigenvalue weighted by atomic mass is 32.1. The third-order valence-corrected chi connectivity index (χ3v) is 7.24. The summed E-state index contributed by atoms with van der Waals surface area (Å²) in [4.78, 5) is 18.0. The number of carbonyl (C=O) groups is 1. The van der Waals surface area contributed by atoms with Crippen molar-refractivity contribution in [3.8, 4) is 17.2 Å². The van der Waals surface area contributed by atoms with Gasteiger partial charge < -0.3 is 15.5 Å². The molecule has 3 heterocycles. The minimum atomic E-state index is -4.66. The number of fused-ring (bicyclic) bond motifs is 1. The molecule has 0 saturated carbocycles. The van der Waals surface area contributed by atoms with Gasteiger partial charge >= 0.3 is 6.18 Å². The van der Waals surface area contributed by atoms with Crippen LogP contribution in [0.2, 0.25) is 0 Å². The molecule has 3 aromatic rings. The lowest BCUT2D eigenvalue weighted by atomic mass is 9.83. The fraction of sp³-hybridized carbons (Fsp3) is 0.346.